The Kier molecular flexibility index (Phi) is 5.98. The zero-order valence-electron chi connectivity index (χ0n) is 11.3. The van der Waals surface area contributed by atoms with E-state index in [1.165, 1.54) is 6.07 Å². The zero-order valence-corrected chi connectivity index (χ0v) is 13.7. The Morgan fingerprint density at radius 2 is 2.20 bits per heavy atom. The first-order chi connectivity index (χ1) is 8.90. The first kappa shape index (κ1) is 17.4. The van der Waals surface area contributed by atoms with Crippen LogP contribution in [0.4, 0.5) is 10.1 Å². The average Bonchev–Trinajstić information content (AvgIpc) is 2.33. The van der Waals surface area contributed by atoms with E-state index in [-0.39, 0.29) is 30.0 Å². The summed E-state index contributed by atoms with van der Waals surface area (Å²) in [6.45, 7) is 1.93. The molecule has 0 aromatic heterocycles. The SMILES string of the molecule is CC1(N)CCCCC1C(=O)Nc1ccc(F)c(Br)c1.Cl. The summed E-state index contributed by atoms with van der Waals surface area (Å²) >= 11 is 3.10. The maximum atomic E-state index is 13.1. The second-order valence-electron chi connectivity index (χ2n) is 5.42. The number of amides is 1. The molecule has 20 heavy (non-hydrogen) atoms. The van der Waals surface area contributed by atoms with Crippen LogP contribution < -0.4 is 11.1 Å². The molecule has 0 spiro atoms. The summed E-state index contributed by atoms with van der Waals surface area (Å²) in [5.41, 5.74) is 6.32. The molecule has 2 rings (SSSR count). The van der Waals surface area contributed by atoms with Crippen molar-refractivity contribution in [2.75, 3.05) is 5.32 Å². The van der Waals surface area contributed by atoms with Gasteiger partial charge in [0.2, 0.25) is 5.91 Å². The number of hydrogen-bond acceptors (Lipinski definition) is 2. The lowest BCUT2D eigenvalue weighted by Gasteiger charge is -2.37. The average molecular weight is 366 g/mol. The van der Waals surface area contributed by atoms with Crippen molar-refractivity contribution in [2.45, 2.75) is 38.1 Å². The van der Waals surface area contributed by atoms with Gasteiger partial charge in [0.1, 0.15) is 5.82 Å². The zero-order chi connectivity index (χ0) is 14.0. The first-order valence-corrected chi connectivity index (χ1v) is 7.24. The molecule has 6 heteroatoms. The number of halogens is 3. The number of hydrogen-bond donors (Lipinski definition) is 2. The van der Waals surface area contributed by atoms with Gasteiger partial charge in [-0.2, -0.15) is 0 Å². The van der Waals surface area contributed by atoms with Gasteiger partial charge in [-0.25, -0.2) is 4.39 Å². The summed E-state index contributed by atoms with van der Waals surface area (Å²) in [5, 5.41) is 2.82. The van der Waals surface area contributed by atoms with E-state index < -0.39 is 5.54 Å². The number of anilines is 1. The lowest BCUT2D eigenvalue weighted by Crippen LogP contribution is -2.51. The number of rotatable bonds is 2. The van der Waals surface area contributed by atoms with Gasteiger partial charge in [0.15, 0.2) is 0 Å². The highest BCUT2D eigenvalue weighted by Gasteiger charge is 2.37. The highest BCUT2D eigenvalue weighted by atomic mass is 79.9. The van der Waals surface area contributed by atoms with E-state index >= 15 is 0 Å². The molecule has 1 aromatic carbocycles. The van der Waals surface area contributed by atoms with Crippen molar-refractivity contribution in [1.29, 1.82) is 0 Å². The second-order valence-corrected chi connectivity index (χ2v) is 6.28. The minimum Gasteiger partial charge on any atom is -0.326 e. The second kappa shape index (κ2) is 6.87. The van der Waals surface area contributed by atoms with Crippen LogP contribution in [-0.4, -0.2) is 11.4 Å². The monoisotopic (exact) mass is 364 g/mol. The largest absolute Gasteiger partial charge is 0.326 e. The van der Waals surface area contributed by atoms with Crippen LogP contribution in [0.2, 0.25) is 0 Å². The number of carbonyl (C=O) groups is 1. The first-order valence-electron chi connectivity index (χ1n) is 6.45. The summed E-state index contributed by atoms with van der Waals surface area (Å²) in [7, 11) is 0. The van der Waals surface area contributed by atoms with Gasteiger partial charge in [0.05, 0.1) is 10.4 Å². The third kappa shape index (κ3) is 3.93. The van der Waals surface area contributed by atoms with Crippen LogP contribution in [0.15, 0.2) is 22.7 Å². The fraction of sp³-hybridized carbons (Fsp3) is 0.500. The molecule has 1 amide bonds. The molecule has 2 unspecified atom stereocenters. The van der Waals surface area contributed by atoms with Gasteiger partial charge >= 0.3 is 0 Å². The Bertz CT molecular complexity index is 496. The maximum Gasteiger partial charge on any atom is 0.229 e. The van der Waals surface area contributed by atoms with E-state index in [9.17, 15) is 9.18 Å². The quantitative estimate of drug-likeness (QED) is 0.836. The van der Waals surface area contributed by atoms with E-state index in [1.807, 2.05) is 6.92 Å². The van der Waals surface area contributed by atoms with Gasteiger partial charge in [-0.05, 0) is 53.9 Å². The third-order valence-electron chi connectivity index (χ3n) is 3.76. The minimum atomic E-state index is -0.459. The van der Waals surface area contributed by atoms with Crippen LogP contribution in [-0.2, 0) is 4.79 Å². The molecule has 0 radical (unpaired) electrons. The molecule has 112 valence electrons. The number of nitrogens with one attached hydrogen (secondary N) is 1. The molecule has 3 nitrogen and oxygen atoms in total. The van der Waals surface area contributed by atoms with Crippen molar-refractivity contribution in [3.63, 3.8) is 0 Å². The summed E-state index contributed by atoms with van der Waals surface area (Å²) in [6.07, 6.45) is 3.76. The Morgan fingerprint density at radius 1 is 1.50 bits per heavy atom. The van der Waals surface area contributed by atoms with Crippen molar-refractivity contribution in [2.24, 2.45) is 11.7 Å². The van der Waals surface area contributed by atoms with Crippen molar-refractivity contribution in [3.05, 3.63) is 28.5 Å². The van der Waals surface area contributed by atoms with Gasteiger partial charge in [-0.1, -0.05) is 12.8 Å². The topological polar surface area (TPSA) is 55.1 Å². The van der Waals surface area contributed by atoms with E-state index in [4.69, 9.17) is 5.73 Å². The van der Waals surface area contributed by atoms with Gasteiger partial charge in [-0.15, -0.1) is 12.4 Å². The molecule has 0 aliphatic heterocycles. The van der Waals surface area contributed by atoms with Crippen molar-refractivity contribution >= 4 is 39.9 Å². The van der Waals surface area contributed by atoms with Gasteiger partial charge in [0.25, 0.3) is 0 Å². The molecule has 0 saturated heterocycles. The standard InChI is InChI=1S/C14H18BrFN2O.ClH/c1-14(17)7-3-2-4-10(14)13(19)18-9-5-6-12(16)11(15)8-9;/h5-6,8,10H,2-4,7,17H2,1H3,(H,18,19);1H. The van der Waals surface area contributed by atoms with E-state index in [1.54, 1.807) is 12.1 Å². The third-order valence-corrected chi connectivity index (χ3v) is 4.37. The molecule has 2 atom stereocenters. The smallest absolute Gasteiger partial charge is 0.229 e. The van der Waals surface area contributed by atoms with Crippen LogP contribution in [0.3, 0.4) is 0 Å². The molecule has 1 aliphatic rings. The summed E-state index contributed by atoms with van der Waals surface area (Å²) < 4.78 is 13.5. The molecule has 1 saturated carbocycles. The highest BCUT2D eigenvalue weighted by molar-refractivity contribution is 9.10. The highest BCUT2D eigenvalue weighted by Crippen LogP contribution is 2.32. The lowest BCUT2D eigenvalue weighted by molar-refractivity contribution is -0.122. The number of nitrogens with two attached hydrogens (primary N) is 1. The Labute approximate surface area is 133 Å². The predicted octanol–water partition coefficient (Wildman–Crippen LogP) is 3.86. The molecule has 1 aromatic rings. The lowest BCUT2D eigenvalue weighted by atomic mass is 9.74. The number of carbonyl (C=O) groups excluding carboxylic acids is 1. The van der Waals surface area contributed by atoms with E-state index in [0.29, 0.717) is 10.2 Å². The maximum absolute atomic E-state index is 13.1. The van der Waals surface area contributed by atoms with Gasteiger partial charge in [-0.3, -0.25) is 4.79 Å². The number of benzene rings is 1. The van der Waals surface area contributed by atoms with Crippen LogP contribution in [0.5, 0.6) is 0 Å². The Balaban J connectivity index is 0.00000200. The van der Waals surface area contributed by atoms with Crippen molar-refractivity contribution in [1.82, 2.24) is 0 Å². The van der Waals surface area contributed by atoms with Crippen LogP contribution in [0, 0.1) is 11.7 Å². The molecular weight excluding hydrogens is 347 g/mol. The van der Waals surface area contributed by atoms with Crippen molar-refractivity contribution < 1.29 is 9.18 Å². The fourth-order valence-corrected chi connectivity index (χ4v) is 2.97. The molecule has 0 heterocycles. The van der Waals surface area contributed by atoms with Crippen LogP contribution in [0.1, 0.15) is 32.6 Å². The molecule has 1 aliphatic carbocycles. The fourth-order valence-electron chi connectivity index (χ4n) is 2.59. The summed E-state index contributed by atoms with van der Waals surface area (Å²) in [4.78, 5) is 12.3. The Hall–Kier alpha value is -0.650. The minimum absolute atomic E-state index is 0. The van der Waals surface area contributed by atoms with E-state index in [0.717, 1.165) is 25.7 Å². The van der Waals surface area contributed by atoms with Gasteiger partial charge in [0, 0.05) is 11.2 Å². The predicted molar refractivity (Wildman–Crippen MR) is 84.5 cm³/mol. The normalized spacial score (nSPS) is 25.7. The van der Waals surface area contributed by atoms with Gasteiger partial charge < -0.3 is 11.1 Å². The van der Waals surface area contributed by atoms with Crippen LogP contribution >= 0.6 is 28.3 Å². The molecular formula is C14H19BrClFN2O. The Morgan fingerprint density at radius 3 is 2.80 bits per heavy atom. The molecule has 1 fully saturated rings. The van der Waals surface area contributed by atoms with Crippen molar-refractivity contribution in [3.8, 4) is 0 Å². The van der Waals surface area contributed by atoms with E-state index in [2.05, 4.69) is 21.2 Å². The molecule has 3 N–H and O–H groups in total. The van der Waals surface area contributed by atoms with Crippen LogP contribution in [0.25, 0.3) is 0 Å². The molecule has 0 bridgehead atoms. The summed E-state index contributed by atoms with van der Waals surface area (Å²) in [6, 6.07) is 4.43. The summed E-state index contributed by atoms with van der Waals surface area (Å²) in [5.74, 6) is -0.618.